The zero-order chi connectivity index (χ0) is 11.0. The van der Waals surface area contributed by atoms with Gasteiger partial charge in [-0.05, 0) is 32.6 Å². The highest BCUT2D eigenvalue weighted by Gasteiger charge is 2.26. The first kappa shape index (κ1) is 13.2. The van der Waals surface area contributed by atoms with Crippen molar-refractivity contribution in [2.75, 3.05) is 0 Å². The molecule has 0 aromatic heterocycles. The molecule has 1 atom stereocenters. The van der Waals surface area contributed by atoms with E-state index in [0.29, 0.717) is 6.42 Å². The number of nitrogens with two attached hydrogens (primary N) is 1. The molecule has 0 unspecified atom stereocenters. The molecule has 0 spiro atoms. The summed E-state index contributed by atoms with van der Waals surface area (Å²) in [4.78, 5) is 10.6. The predicted molar refractivity (Wildman–Crippen MR) is 58.1 cm³/mol. The maximum Gasteiger partial charge on any atom is 0.323 e. The molecule has 3 N–H and O–H groups in total. The van der Waals surface area contributed by atoms with Gasteiger partial charge in [-0.25, -0.2) is 0 Å². The third-order valence-electron chi connectivity index (χ3n) is 2.18. The minimum absolute atomic E-state index is 0.527. The average molecular weight is 199 g/mol. The highest BCUT2D eigenvalue weighted by Crippen LogP contribution is 2.11. The summed E-state index contributed by atoms with van der Waals surface area (Å²) in [6.45, 7) is 3.69. The number of carbonyl (C=O) groups is 1. The fourth-order valence-corrected chi connectivity index (χ4v) is 1.10. The van der Waals surface area contributed by atoms with Gasteiger partial charge in [-0.3, -0.25) is 4.79 Å². The van der Waals surface area contributed by atoms with Gasteiger partial charge in [0, 0.05) is 0 Å². The lowest BCUT2D eigenvalue weighted by atomic mass is 9.96. The molecule has 0 aliphatic rings. The van der Waals surface area contributed by atoms with Crippen LogP contribution < -0.4 is 5.73 Å². The van der Waals surface area contributed by atoms with E-state index < -0.39 is 11.5 Å². The van der Waals surface area contributed by atoms with Gasteiger partial charge in [-0.2, -0.15) is 0 Å². The van der Waals surface area contributed by atoms with E-state index in [9.17, 15) is 4.79 Å². The van der Waals surface area contributed by atoms with Crippen molar-refractivity contribution >= 4 is 5.97 Å². The second kappa shape index (κ2) is 6.60. The molecule has 0 aliphatic carbocycles. The van der Waals surface area contributed by atoms with Crippen molar-refractivity contribution in [2.45, 2.75) is 51.5 Å². The summed E-state index contributed by atoms with van der Waals surface area (Å²) in [6, 6.07) is 0. The SMILES string of the molecule is CCCC=CCCC[C@@](C)(N)C(=O)O. The third kappa shape index (κ3) is 5.75. The summed E-state index contributed by atoms with van der Waals surface area (Å²) in [7, 11) is 0. The lowest BCUT2D eigenvalue weighted by Crippen LogP contribution is -2.44. The van der Waals surface area contributed by atoms with Gasteiger partial charge in [0.1, 0.15) is 5.54 Å². The van der Waals surface area contributed by atoms with Crippen LogP contribution in [-0.2, 0) is 4.79 Å². The molecule has 0 fully saturated rings. The molecule has 3 nitrogen and oxygen atoms in total. The van der Waals surface area contributed by atoms with Crippen molar-refractivity contribution in [2.24, 2.45) is 5.73 Å². The van der Waals surface area contributed by atoms with Crippen molar-refractivity contribution in [1.82, 2.24) is 0 Å². The lowest BCUT2D eigenvalue weighted by Gasteiger charge is -2.17. The number of carboxylic acid groups (broad SMARTS) is 1. The van der Waals surface area contributed by atoms with Crippen LogP contribution in [0.3, 0.4) is 0 Å². The van der Waals surface area contributed by atoms with Crippen molar-refractivity contribution in [3.8, 4) is 0 Å². The first-order valence-corrected chi connectivity index (χ1v) is 5.18. The summed E-state index contributed by atoms with van der Waals surface area (Å²) < 4.78 is 0. The third-order valence-corrected chi connectivity index (χ3v) is 2.18. The number of rotatable bonds is 7. The van der Waals surface area contributed by atoms with Crippen LogP contribution in [0.1, 0.15) is 46.0 Å². The molecule has 0 rings (SSSR count). The number of unbranched alkanes of at least 4 members (excludes halogenated alkanes) is 2. The van der Waals surface area contributed by atoms with Crippen molar-refractivity contribution in [1.29, 1.82) is 0 Å². The molecule has 0 saturated heterocycles. The maximum atomic E-state index is 10.6. The van der Waals surface area contributed by atoms with Crippen LogP contribution in [0.5, 0.6) is 0 Å². The van der Waals surface area contributed by atoms with E-state index in [-0.39, 0.29) is 0 Å². The molecule has 82 valence electrons. The average Bonchev–Trinajstić information content (AvgIpc) is 2.10. The summed E-state index contributed by atoms with van der Waals surface area (Å²) in [6.07, 6.45) is 8.76. The molecule has 0 bridgehead atoms. The molecule has 0 amide bonds. The van der Waals surface area contributed by atoms with Gasteiger partial charge in [0.25, 0.3) is 0 Å². The van der Waals surface area contributed by atoms with E-state index >= 15 is 0 Å². The van der Waals surface area contributed by atoms with Crippen LogP contribution in [0.2, 0.25) is 0 Å². The number of hydrogen-bond donors (Lipinski definition) is 2. The maximum absolute atomic E-state index is 10.6. The predicted octanol–water partition coefficient (Wildman–Crippen LogP) is 2.31. The number of allylic oxidation sites excluding steroid dienone is 2. The molecular weight excluding hydrogens is 178 g/mol. The summed E-state index contributed by atoms with van der Waals surface area (Å²) in [5, 5.41) is 8.74. The zero-order valence-electron chi connectivity index (χ0n) is 9.12. The summed E-state index contributed by atoms with van der Waals surface area (Å²) in [5.41, 5.74) is 4.51. The van der Waals surface area contributed by atoms with Crippen molar-refractivity contribution in [3.05, 3.63) is 12.2 Å². The highest BCUT2D eigenvalue weighted by atomic mass is 16.4. The van der Waals surface area contributed by atoms with Gasteiger partial charge in [0.15, 0.2) is 0 Å². The first-order valence-electron chi connectivity index (χ1n) is 5.18. The Bertz CT molecular complexity index is 197. The molecule has 0 saturated carbocycles. The van der Waals surface area contributed by atoms with Crippen LogP contribution in [0.4, 0.5) is 0 Å². The number of hydrogen-bond acceptors (Lipinski definition) is 2. The van der Waals surface area contributed by atoms with Crippen molar-refractivity contribution in [3.63, 3.8) is 0 Å². The molecule has 0 radical (unpaired) electrons. The second-order valence-electron chi connectivity index (χ2n) is 3.87. The van der Waals surface area contributed by atoms with E-state index in [1.807, 2.05) is 0 Å². The smallest absolute Gasteiger partial charge is 0.323 e. The minimum Gasteiger partial charge on any atom is -0.480 e. The van der Waals surface area contributed by atoms with Crippen LogP contribution >= 0.6 is 0 Å². The number of aliphatic carboxylic acids is 1. The molecule has 0 heterocycles. The van der Waals surface area contributed by atoms with Gasteiger partial charge in [-0.15, -0.1) is 0 Å². The molecular formula is C11H21NO2. The fraction of sp³-hybridized carbons (Fsp3) is 0.727. The van der Waals surface area contributed by atoms with E-state index in [4.69, 9.17) is 10.8 Å². The van der Waals surface area contributed by atoms with E-state index in [2.05, 4.69) is 19.1 Å². The van der Waals surface area contributed by atoms with Gasteiger partial charge in [0.05, 0.1) is 0 Å². The largest absolute Gasteiger partial charge is 0.480 e. The highest BCUT2D eigenvalue weighted by molar-refractivity contribution is 5.77. The van der Waals surface area contributed by atoms with Gasteiger partial charge in [0.2, 0.25) is 0 Å². The van der Waals surface area contributed by atoms with Gasteiger partial charge in [-0.1, -0.05) is 25.5 Å². The Hall–Kier alpha value is -0.830. The van der Waals surface area contributed by atoms with E-state index in [0.717, 1.165) is 25.7 Å². The first-order chi connectivity index (χ1) is 6.50. The Kier molecular flexibility index (Phi) is 6.21. The zero-order valence-corrected chi connectivity index (χ0v) is 9.12. The van der Waals surface area contributed by atoms with Crippen LogP contribution in [0, 0.1) is 0 Å². The Morgan fingerprint density at radius 2 is 2.00 bits per heavy atom. The monoisotopic (exact) mass is 199 g/mol. The van der Waals surface area contributed by atoms with E-state index in [1.54, 1.807) is 6.92 Å². The van der Waals surface area contributed by atoms with Gasteiger partial charge < -0.3 is 10.8 Å². The number of carboxylic acids is 1. The summed E-state index contributed by atoms with van der Waals surface area (Å²) >= 11 is 0. The summed E-state index contributed by atoms with van der Waals surface area (Å²) in [5.74, 6) is -0.921. The Balaban J connectivity index is 3.59. The van der Waals surface area contributed by atoms with Crippen LogP contribution in [0.15, 0.2) is 12.2 Å². The molecule has 0 aromatic rings. The van der Waals surface area contributed by atoms with Crippen LogP contribution in [-0.4, -0.2) is 16.6 Å². The molecule has 0 aromatic carbocycles. The fourth-order valence-electron chi connectivity index (χ4n) is 1.10. The van der Waals surface area contributed by atoms with Gasteiger partial charge >= 0.3 is 5.97 Å². The Labute approximate surface area is 86.0 Å². The lowest BCUT2D eigenvalue weighted by molar-refractivity contribution is -0.142. The Morgan fingerprint density at radius 3 is 2.50 bits per heavy atom. The standard InChI is InChI=1S/C11H21NO2/c1-3-4-5-6-7-8-9-11(2,12)10(13)14/h5-6H,3-4,7-9,12H2,1-2H3,(H,13,14)/t11-/m1/s1. The molecule has 3 heteroatoms. The Morgan fingerprint density at radius 1 is 1.43 bits per heavy atom. The van der Waals surface area contributed by atoms with Crippen LogP contribution in [0.25, 0.3) is 0 Å². The van der Waals surface area contributed by atoms with Crippen molar-refractivity contribution < 1.29 is 9.90 Å². The quantitative estimate of drug-likeness (QED) is 0.488. The normalized spacial score (nSPS) is 15.6. The minimum atomic E-state index is -1.07. The van der Waals surface area contributed by atoms with E-state index in [1.165, 1.54) is 0 Å². The molecule has 14 heavy (non-hydrogen) atoms. The molecule has 0 aliphatic heterocycles. The second-order valence-corrected chi connectivity index (χ2v) is 3.87. The topological polar surface area (TPSA) is 63.3 Å².